The molecule has 0 nitrogen and oxygen atoms in total. The molecule has 0 saturated carbocycles. The molecular formula is C14H27B. The topological polar surface area (TPSA) is 0 Å². The fourth-order valence-electron chi connectivity index (χ4n) is 3.44. The first kappa shape index (κ1) is 9.13. The van der Waals surface area contributed by atoms with Crippen molar-refractivity contribution in [2.75, 3.05) is 0 Å². The minimum Gasteiger partial charge on any atom is -0.0732 e. The third kappa shape index (κ3) is 3.01. The molecule has 2 atom stereocenters. The predicted molar refractivity (Wildman–Crippen MR) is 69.8 cm³/mol. The molecule has 2 saturated heterocycles. The van der Waals surface area contributed by atoms with Crippen molar-refractivity contribution >= 4 is 6.71 Å². The Bertz CT molecular complexity index is 239. The summed E-state index contributed by atoms with van der Waals surface area (Å²) in [5.41, 5.74) is -0.0435. The van der Waals surface area contributed by atoms with E-state index in [1.165, 1.54) is 38.5 Å². The Morgan fingerprint density at radius 3 is 1.93 bits per heavy atom. The molecule has 0 aliphatic carbocycles. The molecule has 0 unspecified atom stereocenters. The zero-order chi connectivity index (χ0) is 12.6. The minimum atomic E-state index is -0.228. The van der Waals surface area contributed by atoms with Crippen LogP contribution >= 0.6 is 0 Å². The van der Waals surface area contributed by atoms with Gasteiger partial charge in [0.2, 0.25) is 0 Å². The zero-order valence-electron chi connectivity index (χ0n) is 12.6. The van der Waals surface area contributed by atoms with Gasteiger partial charge in [0.1, 0.15) is 6.71 Å². The summed E-state index contributed by atoms with van der Waals surface area (Å²) >= 11 is 0. The molecule has 0 spiro atoms. The van der Waals surface area contributed by atoms with Crippen LogP contribution in [0.3, 0.4) is 0 Å². The van der Waals surface area contributed by atoms with Crippen LogP contribution in [0.2, 0.25) is 17.9 Å². The van der Waals surface area contributed by atoms with E-state index in [-0.39, 0.29) is 18.1 Å². The molecule has 0 aromatic carbocycles. The van der Waals surface area contributed by atoms with E-state index < -0.39 is 0 Å². The van der Waals surface area contributed by atoms with Crippen molar-refractivity contribution in [3.05, 3.63) is 0 Å². The van der Waals surface area contributed by atoms with Crippen LogP contribution in [0.1, 0.15) is 68.4 Å². The molecule has 2 heterocycles. The van der Waals surface area contributed by atoms with Gasteiger partial charge >= 0.3 is 0 Å². The summed E-state index contributed by atoms with van der Waals surface area (Å²) in [5, 5.41) is 0. The third-order valence-corrected chi connectivity index (χ3v) is 4.21. The second kappa shape index (κ2) is 4.51. The smallest absolute Gasteiger partial charge is 0.0732 e. The first-order chi connectivity index (χ1) is 7.91. The Hall–Kier alpha value is 0.0649. The number of rotatable bonds is 2. The van der Waals surface area contributed by atoms with E-state index in [0.29, 0.717) is 6.71 Å². The van der Waals surface area contributed by atoms with Crippen LogP contribution in [0.25, 0.3) is 0 Å². The van der Waals surface area contributed by atoms with Crippen molar-refractivity contribution in [3.8, 4) is 0 Å². The van der Waals surface area contributed by atoms with E-state index in [9.17, 15) is 0 Å². The highest BCUT2D eigenvalue weighted by Crippen LogP contribution is 2.48. The molecule has 0 aromatic heterocycles. The van der Waals surface area contributed by atoms with Crippen LogP contribution in [-0.4, -0.2) is 6.71 Å². The van der Waals surface area contributed by atoms with Gasteiger partial charge in [0.15, 0.2) is 0 Å². The molecule has 0 amide bonds. The SMILES string of the molecule is [2H][C@H](B1C2CCCC1CCC2)[C@@H]([2H])C(C)(C)C. The van der Waals surface area contributed by atoms with E-state index in [0.717, 1.165) is 11.6 Å². The van der Waals surface area contributed by atoms with Gasteiger partial charge in [0.05, 0.1) is 0 Å². The highest BCUT2D eigenvalue weighted by atomic mass is 14.3. The summed E-state index contributed by atoms with van der Waals surface area (Å²) in [4.78, 5) is 0. The highest BCUT2D eigenvalue weighted by molar-refractivity contribution is 6.62. The van der Waals surface area contributed by atoms with Crippen molar-refractivity contribution in [2.45, 2.75) is 83.6 Å². The van der Waals surface area contributed by atoms with E-state index in [4.69, 9.17) is 2.74 Å². The molecule has 2 bridgehead atoms. The summed E-state index contributed by atoms with van der Waals surface area (Å²) in [5.74, 6) is 1.53. The quantitative estimate of drug-likeness (QED) is 0.558. The summed E-state index contributed by atoms with van der Waals surface area (Å²) in [6, 6.07) is 0. The van der Waals surface area contributed by atoms with Gasteiger partial charge in [-0.15, -0.1) is 0 Å². The lowest BCUT2D eigenvalue weighted by molar-refractivity contribution is 0.384. The summed E-state index contributed by atoms with van der Waals surface area (Å²) < 4.78 is 16.9. The van der Waals surface area contributed by atoms with Gasteiger partial charge in [-0.1, -0.05) is 83.6 Å². The average Bonchev–Trinajstić information content (AvgIpc) is 2.24. The molecule has 86 valence electrons. The van der Waals surface area contributed by atoms with E-state index in [2.05, 4.69) is 20.8 Å². The van der Waals surface area contributed by atoms with E-state index in [1.807, 2.05) is 0 Å². The molecule has 2 rings (SSSR count). The van der Waals surface area contributed by atoms with Gasteiger partial charge < -0.3 is 0 Å². The largest absolute Gasteiger partial charge is 0.146 e. The maximum Gasteiger partial charge on any atom is 0.146 e. The lowest BCUT2D eigenvalue weighted by atomic mass is 9.25. The molecule has 2 aliphatic heterocycles. The van der Waals surface area contributed by atoms with Crippen molar-refractivity contribution in [1.82, 2.24) is 0 Å². The summed E-state index contributed by atoms with van der Waals surface area (Å²) in [7, 11) is 0. The van der Waals surface area contributed by atoms with Crippen LogP contribution < -0.4 is 0 Å². The van der Waals surface area contributed by atoms with Crippen LogP contribution in [0.5, 0.6) is 0 Å². The van der Waals surface area contributed by atoms with Gasteiger partial charge in [0, 0.05) is 2.74 Å². The molecule has 15 heavy (non-hydrogen) atoms. The summed E-state index contributed by atoms with van der Waals surface area (Å²) in [6.45, 7) is 6.87. The molecule has 0 N–H and O–H groups in total. The number of hydrogen-bond donors (Lipinski definition) is 0. The van der Waals surface area contributed by atoms with Crippen molar-refractivity contribution < 1.29 is 2.74 Å². The Kier molecular flexibility index (Phi) is 2.75. The molecule has 1 heteroatoms. The fourth-order valence-corrected chi connectivity index (χ4v) is 3.44. The minimum absolute atomic E-state index is 0.0435. The maximum absolute atomic E-state index is 8.54. The van der Waals surface area contributed by atoms with Gasteiger partial charge in [-0.25, -0.2) is 0 Å². The maximum atomic E-state index is 8.54. The fraction of sp³-hybridized carbons (Fsp3) is 1.00. The van der Waals surface area contributed by atoms with Crippen LogP contribution in [0, 0.1) is 5.41 Å². The predicted octanol–water partition coefficient (Wildman–Crippen LogP) is 5.03. The van der Waals surface area contributed by atoms with Crippen molar-refractivity contribution in [1.29, 1.82) is 0 Å². The monoisotopic (exact) mass is 208 g/mol. The Balaban J connectivity index is 2.10. The van der Waals surface area contributed by atoms with E-state index >= 15 is 0 Å². The van der Waals surface area contributed by atoms with E-state index in [1.54, 1.807) is 0 Å². The molecule has 2 fully saturated rings. The lowest BCUT2D eigenvalue weighted by Gasteiger charge is -2.41. The molecule has 0 aromatic rings. The average molecular weight is 208 g/mol. The van der Waals surface area contributed by atoms with Gasteiger partial charge in [-0.05, 0) is 5.41 Å². The number of fused-ring (bicyclic) bond motifs is 2. The van der Waals surface area contributed by atoms with Gasteiger partial charge in [-0.2, -0.15) is 0 Å². The molecular weight excluding hydrogens is 179 g/mol. The second-order valence-electron chi connectivity index (χ2n) is 6.68. The first-order valence-electron chi connectivity index (χ1n) is 7.91. The normalized spacial score (nSPS) is 37.9. The van der Waals surface area contributed by atoms with Crippen molar-refractivity contribution in [3.63, 3.8) is 0 Å². The third-order valence-electron chi connectivity index (χ3n) is 4.21. The second-order valence-corrected chi connectivity index (χ2v) is 6.68. The Labute approximate surface area is 99.1 Å². The van der Waals surface area contributed by atoms with Gasteiger partial charge in [0.25, 0.3) is 0 Å². The lowest BCUT2D eigenvalue weighted by Crippen LogP contribution is -2.35. The van der Waals surface area contributed by atoms with Crippen molar-refractivity contribution in [2.24, 2.45) is 5.41 Å². The highest BCUT2D eigenvalue weighted by Gasteiger charge is 2.38. The van der Waals surface area contributed by atoms with Crippen LogP contribution in [0.4, 0.5) is 0 Å². The standard InChI is InChI=1S/C14H27B/c1-14(2,3)10-11-15-12-6-4-7-13(15)9-5-8-12/h12-13H,4-11H2,1-3H3/i10D,11D/t10-,11+,12?,13?/m1/s1. The Morgan fingerprint density at radius 2 is 1.53 bits per heavy atom. The molecule has 0 radical (unpaired) electrons. The zero-order valence-corrected chi connectivity index (χ0v) is 10.6. The Morgan fingerprint density at radius 1 is 1.07 bits per heavy atom. The first-order valence-corrected chi connectivity index (χ1v) is 6.76. The van der Waals surface area contributed by atoms with Gasteiger partial charge in [-0.3, -0.25) is 0 Å². The van der Waals surface area contributed by atoms with Crippen LogP contribution in [0.15, 0.2) is 0 Å². The number of hydrogen-bond acceptors (Lipinski definition) is 0. The van der Waals surface area contributed by atoms with Crippen LogP contribution in [-0.2, 0) is 0 Å². The molecule has 2 aliphatic rings. The summed E-state index contributed by atoms with van der Waals surface area (Å²) in [6.07, 6.45) is 7.66.